The first-order valence-corrected chi connectivity index (χ1v) is 15.5. The summed E-state index contributed by atoms with van der Waals surface area (Å²) in [5.41, 5.74) is 6.27. The lowest BCUT2D eigenvalue weighted by atomic mass is 9.64. The molecule has 0 radical (unpaired) electrons. The van der Waals surface area contributed by atoms with E-state index >= 15 is 0 Å². The average molecular weight is 684 g/mol. The monoisotopic (exact) mass is 682 g/mol. The molecule has 1 amide bonds. The van der Waals surface area contributed by atoms with Gasteiger partial charge in [0.1, 0.15) is 5.75 Å². The van der Waals surface area contributed by atoms with Crippen molar-refractivity contribution < 1.29 is 19.1 Å². The van der Waals surface area contributed by atoms with E-state index in [2.05, 4.69) is 70.2 Å². The van der Waals surface area contributed by atoms with E-state index in [9.17, 15) is 14.4 Å². The quantitative estimate of drug-likeness (QED) is 0.336. The van der Waals surface area contributed by atoms with Crippen molar-refractivity contribution in [2.75, 3.05) is 11.9 Å². The molecule has 0 unspecified atom stereocenters. The maximum absolute atomic E-state index is 13.8. The first-order chi connectivity index (χ1) is 19.1. The highest BCUT2D eigenvalue weighted by Crippen LogP contribution is 2.53. The molecule has 0 saturated heterocycles. The van der Waals surface area contributed by atoms with Crippen LogP contribution < -0.4 is 15.4 Å². The lowest BCUT2D eigenvalue weighted by molar-refractivity contribution is -0.120. The van der Waals surface area contributed by atoms with Gasteiger partial charge in [-0.3, -0.25) is 14.4 Å². The van der Waals surface area contributed by atoms with Crippen LogP contribution in [0.25, 0.3) is 0 Å². The van der Waals surface area contributed by atoms with Crippen molar-refractivity contribution in [1.29, 1.82) is 0 Å². The number of hydrogen-bond donors (Lipinski definition) is 2. The average Bonchev–Trinajstić information content (AvgIpc) is 2.82. The third kappa shape index (κ3) is 6.09. The van der Waals surface area contributed by atoms with Crippen molar-refractivity contribution in [2.45, 2.75) is 73.1 Å². The minimum atomic E-state index is -0.583. The number of Topliss-reactive ketones (excluding diaryl/α,β-unsaturated/α-hetero) is 2. The van der Waals surface area contributed by atoms with E-state index < -0.39 is 5.92 Å². The SMILES string of the molecule is Cc1ccc(NC(=O)COc2c(Br)cc(Br)cc2C2C3=C(CC(C)(C)CC3=O)NC3=C2C(=O)CC(C)(C)C3)cc1C. The van der Waals surface area contributed by atoms with Gasteiger partial charge in [0.25, 0.3) is 5.91 Å². The van der Waals surface area contributed by atoms with Crippen LogP contribution >= 0.6 is 31.9 Å². The van der Waals surface area contributed by atoms with Crippen LogP contribution in [-0.4, -0.2) is 24.1 Å². The highest BCUT2D eigenvalue weighted by atomic mass is 79.9. The Morgan fingerprint density at radius 2 is 1.49 bits per heavy atom. The van der Waals surface area contributed by atoms with Gasteiger partial charge in [-0.05, 0) is 88.8 Å². The summed E-state index contributed by atoms with van der Waals surface area (Å²) in [6.07, 6.45) is 2.21. The number of carbonyl (C=O) groups is 3. The third-order valence-corrected chi connectivity index (χ3v) is 9.25. The van der Waals surface area contributed by atoms with E-state index in [0.29, 0.717) is 58.3 Å². The number of benzene rings is 2. The molecule has 8 heteroatoms. The lowest BCUT2D eigenvalue weighted by Crippen LogP contribution is -2.42. The van der Waals surface area contributed by atoms with E-state index in [1.807, 2.05) is 44.2 Å². The molecular weight excluding hydrogens is 648 g/mol. The van der Waals surface area contributed by atoms with Crippen molar-refractivity contribution in [3.8, 4) is 5.75 Å². The number of nitrogens with one attached hydrogen (secondary N) is 2. The number of allylic oxidation sites excluding steroid dienone is 4. The molecule has 2 N–H and O–H groups in total. The molecule has 5 rings (SSSR count). The summed E-state index contributed by atoms with van der Waals surface area (Å²) < 4.78 is 7.62. The molecule has 0 spiro atoms. The van der Waals surface area contributed by atoms with Gasteiger partial charge < -0.3 is 15.4 Å². The van der Waals surface area contributed by atoms with Crippen LogP contribution in [0.15, 0.2) is 61.8 Å². The molecule has 0 aromatic heterocycles. The molecule has 1 aliphatic heterocycles. The first kappa shape index (κ1) is 29.8. The zero-order valence-corrected chi connectivity index (χ0v) is 27.6. The number of ketones is 2. The number of carbonyl (C=O) groups excluding carboxylic acids is 3. The molecule has 2 aliphatic carbocycles. The smallest absolute Gasteiger partial charge is 0.262 e. The Bertz CT molecular complexity index is 1500. The van der Waals surface area contributed by atoms with Crippen LogP contribution in [0.3, 0.4) is 0 Å². The van der Waals surface area contributed by atoms with Gasteiger partial charge in [0.2, 0.25) is 0 Å². The summed E-state index contributed by atoms with van der Waals surface area (Å²) in [7, 11) is 0. The Kier molecular flexibility index (Phi) is 7.88. The molecule has 0 fully saturated rings. The predicted molar refractivity (Wildman–Crippen MR) is 168 cm³/mol. The Balaban J connectivity index is 1.56. The minimum absolute atomic E-state index is 0.0347. The minimum Gasteiger partial charge on any atom is -0.482 e. The van der Waals surface area contributed by atoms with Gasteiger partial charge >= 0.3 is 0 Å². The van der Waals surface area contributed by atoms with E-state index in [1.54, 1.807) is 0 Å². The van der Waals surface area contributed by atoms with Crippen LogP contribution in [0.1, 0.15) is 76.0 Å². The predicted octanol–water partition coefficient (Wildman–Crippen LogP) is 7.82. The summed E-state index contributed by atoms with van der Waals surface area (Å²) in [6.45, 7) is 12.2. The highest BCUT2D eigenvalue weighted by Gasteiger charge is 2.47. The molecule has 0 atom stereocenters. The fourth-order valence-electron chi connectivity index (χ4n) is 6.30. The van der Waals surface area contributed by atoms with Crippen LogP contribution in [-0.2, 0) is 14.4 Å². The van der Waals surface area contributed by atoms with Crippen molar-refractivity contribution in [3.05, 3.63) is 78.5 Å². The molecule has 0 saturated carbocycles. The summed E-state index contributed by atoms with van der Waals surface area (Å²) in [6, 6.07) is 9.52. The number of hydrogen-bond acceptors (Lipinski definition) is 5. The van der Waals surface area contributed by atoms with Gasteiger partial charge in [0, 0.05) is 57.0 Å². The Morgan fingerprint density at radius 1 is 0.902 bits per heavy atom. The van der Waals surface area contributed by atoms with Gasteiger partial charge in [-0.2, -0.15) is 0 Å². The second-order valence-corrected chi connectivity index (χ2v) is 14.9. The van der Waals surface area contributed by atoms with Gasteiger partial charge in [-0.15, -0.1) is 0 Å². The van der Waals surface area contributed by atoms with Crippen molar-refractivity contribution in [3.63, 3.8) is 0 Å². The van der Waals surface area contributed by atoms with Crippen LogP contribution in [0.2, 0.25) is 0 Å². The number of halogens is 2. The highest BCUT2D eigenvalue weighted by molar-refractivity contribution is 9.11. The van der Waals surface area contributed by atoms with Gasteiger partial charge in [-0.1, -0.05) is 49.7 Å². The fraction of sp³-hybridized carbons (Fsp3) is 0.424. The largest absolute Gasteiger partial charge is 0.482 e. The summed E-state index contributed by atoms with van der Waals surface area (Å²) in [4.78, 5) is 40.5. The maximum Gasteiger partial charge on any atom is 0.262 e. The molecule has 216 valence electrons. The summed E-state index contributed by atoms with van der Waals surface area (Å²) in [5.74, 6) is -0.366. The van der Waals surface area contributed by atoms with Gasteiger partial charge in [-0.25, -0.2) is 0 Å². The molecule has 6 nitrogen and oxygen atoms in total. The normalized spacial score (nSPS) is 19.9. The number of rotatable bonds is 5. The van der Waals surface area contributed by atoms with E-state index in [0.717, 1.165) is 27.0 Å². The first-order valence-electron chi connectivity index (χ1n) is 13.9. The number of dihydropyridines is 1. The number of ether oxygens (including phenoxy) is 1. The topological polar surface area (TPSA) is 84.5 Å². The standard InChI is InChI=1S/C33H36Br2N2O4/c1-17-7-8-20(9-18(17)2)36-27(40)16-41-31-21(10-19(34)11-22(31)35)28-29-23(12-32(3,4)14-25(29)38)37-24-13-33(5,6)15-26(39)30(24)28/h7-11,28,37H,12-16H2,1-6H3,(H,36,40). The number of anilines is 1. The van der Waals surface area contributed by atoms with E-state index in [-0.39, 0.29) is 34.9 Å². The number of amides is 1. The molecular formula is C33H36Br2N2O4. The third-order valence-electron chi connectivity index (χ3n) is 8.21. The summed E-state index contributed by atoms with van der Waals surface area (Å²) in [5, 5.41) is 6.46. The summed E-state index contributed by atoms with van der Waals surface area (Å²) >= 11 is 7.25. The van der Waals surface area contributed by atoms with E-state index in [1.165, 1.54) is 0 Å². The van der Waals surface area contributed by atoms with Crippen molar-refractivity contribution in [1.82, 2.24) is 5.32 Å². The fourth-order valence-corrected chi connectivity index (χ4v) is 7.67. The van der Waals surface area contributed by atoms with Crippen LogP contribution in [0.4, 0.5) is 5.69 Å². The zero-order chi connectivity index (χ0) is 29.9. The number of aryl methyl sites for hydroxylation is 2. The van der Waals surface area contributed by atoms with E-state index in [4.69, 9.17) is 4.74 Å². The van der Waals surface area contributed by atoms with Crippen molar-refractivity contribution in [2.24, 2.45) is 10.8 Å². The van der Waals surface area contributed by atoms with Crippen LogP contribution in [0.5, 0.6) is 5.75 Å². The van der Waals surface area contributed by atoms with Gasteiger partial charge in [0.15, 0.2) is 18.2 Å². The second kappa shape index (κ2) is 10.8. The molecule has 2 aromatic carbocycles. The molecule has 41 heavy (non-hydrogen) atoms. The van der Waals surface area contributed by atoms with Crippen molar-refractivity contribution >= 4 is 55.0 Å². The molecule has 1 heterocycles. The zero-order valence-electron chi connectivity index (χ0n) is 24.4. The Hall–Kier alpha value is -2.71. The maximum atomic E-state index is 13.8. The molecule has 2 aromatic rings. The second-order valence-electron chi connectivity index (χ2n) is 13.2. The molecule has 3 aliphatic rings. The molecule has 0 bridgehead atoms. The Morgan fingerprint density at radius 3 is 2.05 bits per heavy atom. The van der Waals surface area contributed by atoms with Gasteiger partial charge in [0.05, 0.1) is 4.47 Å². The Labute approximate surface area is 258 Å². The lowest BCUT2D eigenvalue weighted by Gasteiger charge is -2.44. The van der Waals surface area contributed by atoms with Crippen LogP contribution in [0, 0.1) is 24.7 Å².